The zero-order valence-electron chi connectivity index (χ0n) is 19.7. The summed E-state index contributed by atoms with van der Waals surface area (Å²) in [7, 11) is 0. The molecule has 6 nitrogen and oxygen atoms in total. The lowest BCUT2D eigenvalue weighted by atomic mass is 9.80. The Hall–Kier alpha value is -2.32. The number of ether oxygens (including phenoxy) is 1. The van der Waals surface area contributed by atoms with Crippen LogP contribution in [0.4, 0.5) is 18.0 Å². The number of alkyl halides is 3. The van der Waals surface area contributed by atoms with Crippen molar-refractivity contribution in [1.82, 2.24) is 19.5 Å². The first-order chi connectivity index (χ1) is 15.5. The smallest absolute Gasteiger partial charge is 0.410 e. The molecule has 0 unspecified atom stereocenters. The highest BCUT2D eigenvalue weighted by atomic mass is 19.4. The van der Waals surface area contributed by atoms with Gasteiger partial charge in [0, 0.05) is 36.7 Å². The Bertz CT molecular complexity index is 995. The second-order valence-electron chi connectivity index (χ2n) is 10.0. The molecule has 2 fully saturated rings. The number of carbonyl (C=O) groups excluding carboxylic acids is 1. The fourth-order valence-corrected chi connectivity index (χ4v) is 5.22. The summed E-state index contributed by atoms with van der Waals surface area (Å²) in [6.45, 7) is 8.99. The van der Waals surface area contributed by atoms with Crippen LogP contribution in [0.5, 0.6) is 0 Å². The largest absolute Gasteiger partial charge is 0.447 e. The van der Waals surface area contributed by atoms with Gasteiger partial charge in [-0.25, -0.2) is 14.3 Å². The summed E-state index contributed by atoms with van der Waals surface area (Å²) in [6, 6.07) is 3.94. The van der Waals surface area contributed by atoms with Crippen LogP contribution in [0, 0.1) is 18.8 Å². The second-order valence-corrected chi connectivity index (χ2v) is 10.0. The molecular formula is C24H33F3N4O2. The van der Waals surface area contributed by atoms with E-state index in [2.05, 4.69) is 11.9 Å². The topological polar surface area (TPSA) is 59.7 Å². The summed E-state index contributed by atoms with van der Waals surface area (Å²) in [4.78, 5) is 18.9. The van der Waals surface area contributed by atoms with Crippen molar-refractivity contribution >= 4 is 11.7 Å². The van der Waals surface area contributed by atoms with Crippen molar-refractivity contribution in [3.05, 3.63) is 29.2 Å². The van der Waals surface area contributed by atoms with E-state index < -0.39 is 12.1 Å². The maximum absolute atomic E-state index is 13.1. The molecular weight excluding hydrogens is 433 g/mol. The maximum atomic E-state index is 13.1. The summed E-state index contributed by atoms with van der Waals surface area (Å²) in [5, 5.41) is 4.83. The van der Waals surface area contributed by atoms with Gasteiger partial charge in [0.1, 0.15) is 0 Å². The highest BCUT2D eigenvalue weighted by Gasteiger charge is 2.42. The highest BCUT2D eigenvalue weighted by Crippen LogP contribution is 2.43. The quantitative estimate of drug-likeness (QED) is 0.570. The van der Waals surface area contributed by atoms with Gasteiger partial charge in [-0.1, -0.05) is 6.92 Å². The van der Waals surface area contributed by atoms with Gasteiger partial charge in [-0.2, -0.15) is 18.3 Å². The van der Waals surface area contributed by atoms with E-state index >= 15 is 0 Å². The molecule has 9 heteroatoms. The van der Waals surface area contributed by atoms with Crippen LogP contribution in [0.3, 0.4) is 0 Å². The van der Waals surface area contributed by atoms with Crippen molar-refractivity contribution < 1.29 is 22.7 Å². The second kappa shape index (κ2) is 9.14. The Morgan fingerprint density at radius 1 is 1.15 bits per heavy atom. The number of fused-ring (bicyclic) bond motifs is 1. The Labute approximate surface area is 192 Å². The van der Waals surface area contributed by atoms with Crippen molar-refractivity contribution in [2.45, 2.75) is 83.9 Å². The molecule has 33 heavy (non-hydrogen) atoms. The van der Waals surface area contributed by atoms with Crippen LogP contribution in [0.1, 0.15) is 81.8 Å². The number of aryl methyl sites for hydroxylation is 1. The predicted octanol–water partition coefficient (Wildman–Crippen LogP) is 5.84. The van der Waals surface area contributed by atoms with Crippen molar-refractivity contribution in [2.24, 2.45) is 11.8 Å². The van der Waals surface area contributed by atoms with E-state index in [4.69, 9.17) is 9.84 Å². The van der Waals surface area contributed by atoms with Gasteiger partial charge < -0.3 is 9.64 Å². The van der Waals surface area contributed by atoms with Gasteiger partial charge in [-0.3, -0.25) is 0 Å². The number of carbonyl (C=O) groups is 1. The molecule has 1 amide bonds. The summed E-state index contributed by atoms with van der Waals surface area (Å²) in [5.41, 5.74) is 3.38. The summed E-state index contributed by atoms with van der Waals surface area (Å²) in [6.07, 6.45) is -2.47. The molecule has 0 N–H and O–H groups in total. The fourth-order valence-electron chi connectivity index (χ4n) is 5.22. The van der Waals surface area contributed by atoms with Crippen molar-refractivity contribution in [3.8, 4) is 0 Å². The minimum Gasteiger partial charge on any atom is -0.447 e. The first kappa shape index (κ1) is 23.8. The molecule has 0 bridgehead atoms. The number of hydrogen-bond acceptors (Lipinski definition) is 4. The summed E-state index contributed by atoms with van der Waals surface area (Å²) in [5.74, 6) is -0.787. The van der Waals surface area contributed by atoms with Crippen molar-refractivity contribution in [3.63, 3.8) is 0 Å². The number of aromatic nitrogens is 3. The third-order valence-corrected chi connectivity index (χ3v) is 7.14. The Morgan fingerprint density at radius 2 is 1.85 bits per heavy atom. The SMILES string of the molecule is Cc1cc([C@H]2CN(C(=O)OC(C)C)CC[C@@H]2C)n2nc(C3CCC(C(F)(F)F)CC3)cc2n1. The van der Waals surface area contributed by atoms with Gasteiger partial charge in [0.25, 0.3) is 0 Å². The number of rotatable bonds is 3. The molecule has 0 aromatic carbocycles. The third kappa shape index (κ3) is 5.11. The Balaban J connectivity index is 1.59. The lowest BCUT2D eigenvalue weighted by Gasteiger charge is -2.37. The molecule has 1 saturated heterocycles. The first-order valence-electron chi connectivity index (χ1n) is 11.9. The molecule has 0 spiro atoms. The van der Waals surface area contributed by atoms with Gasteiger partial charge in [0.05, 0.1) is 23.4 Å². The van der Waals surface area contributed by atoms with Gasteiger partial charge in [0.15, 0.2) is 5.65 Å². The molecule has 0 radical (unpaired) electrons. The molecule has 1 aliphatic carbocycles. The van der Waals surface area contributed by atoms with Crippen LogP contribution in [0.2, 0.25) is 0 Å². The van der Waals surface area contributed by atoms with Crippen LogP contribution < -0.4 is 0 Å². The lowest BCUT2D eigenvalue weighted by Crippen LogP contribution is -2.43. The Morgan fingerprint density at radius 3 is 2.48 bits per heavy atom. The van der Waals surface area contributed by atoms with Crippen LogP contribution in [-0.4, -0.2) is 51.0 Å². The van der Waals surface area contributed by atoms with Gasteiger partial charge >= 0.3 is 12.3 Å². The zero-order valence-corrected chi connectivity index (χ0v) is 19.7. The van der Waals surface area contributed by atoms with Crippen LogP contribution in [0.25, 0.3) is 5.65 Å². The number of amides is 1. The lowest BCUT2D eigenvalue weighted by molar-refractivity contribution is -0.182. The number of halogens is 3. The molecule has 2 aromatic heterocycles. The average Bonchev–Trinajstić information content (AvgIpc) is 3.16. The summed E-state index contributed by atoms with van der Waals surface area (Å²) < 4.78 is 46.5. The summed E-state index contributed by atoms with van der Waals surface area (Å²) >= 11 is 0. The monoisotopic (exact) mass is 466 g/mol. The number of hydrogen-bond donors (Lipinski definition) is 0. The van der Waals surface area contributed by atoms with E-state index in [1.807, 2.05) is 37.4 Å². The Kier molecular flexibility index (Phi) is 6.60. The molecule has 1 saturated carbocycles. The van der Waals surface area contributed by atoms with Gasteiger partial charge in [-0.05, 0) is 64.9 Å². The molecule has 182 valence electrons. The number of piperidine rings is 1. The average molecular weight is 467 g/mol. The molecule has 2 aliphatic rings. The van der Waals surface area contributed by atoms with E-state index in [1.165, 1.54) is 0 Å². The van der Waals surface area contributed by atoms with Crippen molar-refractivity contribution in [2.75, 3.05) is 13.1 Å². The van der Waals surface area contributed by atoms with E-state index in [0.29, 0.717) is 37.5 Å². The number of nitrogens with zero attached hydrogens (tertiary/aromatic N) is 4. The van der Waals surface area contributed by atoms with Crippen LogP contribution >= 0.6 is 0 Å². The minimum atomic E-state index is -4.12. The first-order valence-corrected chi connectivity index (χ1v) is 11.9. The molecule has 3 heterocycles. The number of likely N-dealkylation sites (tertiary alicyclic amines) is 1. The van der Waals surface area contributed by atoms with Gasteiger partial charge in [0.2, 0.25) is 0 Å². The van der Waals surface area contributed by atoms with E-state index in [0.717, 1.165) is 23.5 Å². The normalized spacial score (nSPS) is 26.7. The van der Waals surface area contributed by atoms with E-state index in [1.54, 1.807) is 4.90 Å². The molecule has 2 aromatic rings. The molecule has 1 aliphatic heterocycles. The van der Waals surface area contributed by atoms with Crippen LogP contribution in [0.15, 0.2) is 12.1 Å². The van der Waals surface area contributed by atoms with Gasteiger partial charge in [-0.15, -0.1) is 0 Å². The molecule has 2 atom stereocenters. The molecule has 4 rings (SSSR count). The zero-order chi connectivity index (χ0) is 23.9. The predicted molar refractivity (Wildman–Crippen MR) is 118 cm³/mol. The van der Waals surface area contributed by atoms with Crippen molar-refractivity contribution in [1.29, 1.82) is 0 Å². The van der Waals surface area contributed by atoms with E-state index in [9.17, 15) is 18.0 Å². The third-order valence-electron chi connectivity index (χ3n) is 7.14. The van der Waals surface area contributed by atoms with E-state index in [-0.39, 0.29) is 36.9 Å². The van der Waals surface area contributed by atoms with Crippen LogP contribution in [-0.2, 0) is 4.74 Å². The minimum absolute atomic E-state index is 0.0137. The standard InChI is InChI=1S/C24H33F3N4O2/c1-14(2)33-23(32)30-10-9-15(3)19(13-30)21-11-16(4)28-22-12-20(29-31(21)22)17-5-7-18(8-6-17)24(25,26)27/h11-12,14-15,17-19H,5-10,13H2,1-4H3/t15-,17?,18?,19-/m0/s1. The fraction of sp³-hybridized carbons (Fsp3) is 0.708. The maximum Gasteiger partial charge on any atom is 0.410 e. The highest BCUT2D eigenvalue weighted by molar-refractivity contribution is 5.68.